The number of aromatic hydroxyl groups is 1. The number of guanidine groups is 1. The average Bonchev–Trinajstić information content (AvgIpc) is 0.851. The van der Waals surface area contributed by atoms with Crippen molar-refractivity contribution < 1.29 is 77.6 Å². The van der Waals surface area contributed by atoms with E-state index < -0.39 is 157 Å². The fourth-order valence-electron chi connectivity index (χ4n) is 10.3. The van der Waals surface area contributed by atoms with Crippen molar-refractivity contribution in [3.8, 4) is 5.75 Å². The number of nitrogens with two attached hydrogens (primary N) is 3. The van der Waals surface area contributed by atoms with Crippen LogP contribution in [0.3, 0.4) is 0 Å². The molecule has 0 aromatic heterocycles. The molecule has 30 nitrogen and oxygen atoms in total. The molecule has 0 spiro atoms. The Hall–Kier alpha value is -9.46. The molecule has 0 fully saturated rings. The van der Waals surface area contributed by atoms with E-state index in [4.69, 9.17) is 17.2 Å². The fraction of sp³-hybridized carbons (Fsp3) is 0.529. The van der Waals surface area contributed by atoms with Crippen molar-refractivity contribution in [1.29, 1.82) is 0 Å². The van der Waals surface area contributed by atoms with Crippen molar-refractivity contribution in [3.63, 3.8) is 0 Å². The Kier molecular flexibility index (Phi) is 40.9. The van der Waals surface area contributed by atoms with Crippen molar-refractivity contribution in [2.24, 2.45) is 22.2 Å². The zero-order chi connectivity index (χ0) is 73.8. The number of amides is 11. The summed E-state index contributed by atoms with van der Waals surface area (Å²) in [5.41, 5.74) is 17.7. The van der Waals surface area contributed by atoms with E-state index in [0.717, 1.165) is 25.7 Å². The zero-order valence-corrected chi connectivity index (χ0v) is 58.3. The van der Waals surface area contributed by atoms with Crippen LogP contribution in [0.5, 0.6) is 5.75 Å². The number of carboxylic acid groups (broad SMARTS) is 2. The molecule has 8 atom stereocenters. The Morgan fingerprint density at radius 3 is 1.23 bits per heavy atom. The molecule has 3 aromatic rings. The lowest BCUT2D eigenvalue weighted by Crippen LogP contribution is -2.60. The maximum absolute atomic E-state index is 14.7. The summed E-state index contributed by atoms with van der Waals surface area (Å²) in [7, 11) is 0. The fourth-order valence-corrected chi connectivity index (χ4v) is 10.8. The lowest BCUT2D eigenvalue weighted by molar-refractivity contribution is -0.143. The Morgan fingerprint density at radius 2 is 0.780 bits per heavy atom. The second-order valence-electron chi connectivity index (χ2n) is 24.1. The number of thiol groups is 2. The molecule has 3 aromatic carbocycles. The standard InChI is InChI=1S/C68H100N14O16S2/c1-2-3-4-5-6-7-8-9-10-11-12-13-20-27-56(85)77-53(41-99)61(91)74-39-57(86)75-48(32-33-59(88)89)62(92)78-47(26-21-34-72-68(70)71)60(90)73-40-58(87)76-49(35-43-22-16-14-17-23-43)63(93)79-50(36-44-24-18-15-19-25-44)64(94)80-51(37-45-28-30-46(83)31-29-45)65(95)82-54(42-100)66(96)81-52(67(97)98)38-55(69)84/h14-19,22-25,28-31,47-54,83,99-100H,2-13,20-21,26-27,32-42H2,1H3,(H2,69,84)(H,73,90)(H,74,91)(H,75,86)(H,76,87)(H,77,85)(H,78,92)(H,79,93)(H,80,94)(H,81,96)(H,82,95)(H,88,89)(H,97,98)(H4,70,71,72)/t47-,48-,49-,50-,51-,52-,53-,54-/m0/s1. The molecule has 0 bridgehead atoms. The predicted octanol–water partition coefficient (Wildman–Crippen LogP) is 0.750. The van der Waals surface area contributed by atoms with Crippen LogP contribution >= 0.6 is 25.3 Å². The Bertz CT molecular complexity index is 3150. The molecule has 0 saturated carbocycles. The van der Waals surface area contributed by atoms with E-state index in [1.165, 1.54) is 75.6 Å². The highest BCUT2D eigenvalue weighted by Gasteiger charge is 2.34. The molecule has 0 aliphatic carbocycles. The number of aliphatic carboxylic acids is 2. The second kappa shape index (κ2) is 48.3. The molecule has 100 heavy (non-hydrogen) atoms. The van der Waals surface area contributed by atoms with E-state index >= 15 is 0 Å². The quantitative estimate of drug-likeness (QED) is 0.0160. The van der Waals surface area contributed by atoms with Crippen molar-refractivity contribution in [3.05, 3.63) is 102 Å². The lowest BCUT2D eigenvalue weighted by Gasteiger charge is -2.27. The number of nitrogens with one attached hydrogen (secondary N) is 10. The van der Waals surface area contributed by atoms with Gasteiger partial charge in [-0.05, 0) is 54.5 Å². The topological polar surface area (TPSA) is 493 Å². The van der Waals surface area contributed by atoms with Crippen molar-refractivity contribution in [2.45, 2.75) is 197 Å². The monoisotopic (exact) mass is 1430 g/mol. The van der Waals surface area contributed by atoms with Gasteiger partial charge in [0, 0.05) is 50.2 Å². The highest BCUT2D eigenvalue weighted by Crippen LogP contribution is 2.16. The van der Waals surface area contributed by atoms with E-state index in [0.29, 0.717) is 23.1 Å². The Labute approximate surface area is 593 Å². The third-order valence-corrected chi connectivity index (χ3v) is 16.5. The molecule has 11 amide bonds. The number of phenolic OH excluding ortho intramolecular Hbond substituents is 1. The van der Waals surface area contributed by atoms with Gasteiger partial charge in [-0.1, -0.05) is 157 Å². The van der Waals surface area contributed by atoms with Crippen molar-refractivity contribution in [1.82, 2.24) is 53.2 Å². The summed E-state index contributed by atoms with van der Waals surface area (Å²) in [5, 5.41) is 54.0. The molecule has 0 saturated heterocycles. The molecule has 0 radical (unpaired) electrons. The van der Waals surface area contributed by atoms with Crippen LogP contribution in [0.15, 0.2) is 89.9 Å². The number of benzene rings is 3. The minimum atomic E-state index is -1.76. The third kappa shape index (κ3) is 35.9. The number of carbonyl (C=O) groups excluding carboxylic acids is 11. The summed E-state index contributed by atoms with van der Waals surface area (Å²) in [6.45, 7) is 0.643. The number of carboxylic acids is 2. The number of hydrogen-bond acceptors (Lipinski definition) is 17. The number of rotatable bonds is 51. The van der Waals surface area contributed by atoms with Gasteiger partial charge in [-0.2, -0.15) is 25.3 Å². The average molecular weight is 1430 g/mol. The van der Waals surface area contributed by atoms with Gasteiger partial charge < -0.3 is 85.7 Å². The second-order valence-corrected chi connectivity index (χ2v) is 24.8. The van der Waals surface area contributed by atoms with Gasteiger partial charge in [-0.3, -0.25) is 62.5 Å². The molecule has 32 heteroatoms. The number of hydrogen-bond donors (Lipinski definition) is 18. The largest absolute Gasteiger partial charge is 0.508 e. The van der Waals surface area contributed by atoms with Gasteiger partial charge >= 0.3 is 11.9 Å². The van der Waals surface area contributed by atoms with Crippen molar-refractivity contribution >= 4 is 108 Å². The van der Waals surface area contributed by atoms with Gasteiger partial charge in [-0.15, -0.1) is 0 Å². The van der Waals surface area contributed by atoms with Gasteiger partial charge in [-0.25, -0.2) is 4.79 Å². The van der Waals surface area contributed by atoms with Crippen LogP contribution in [-0.2, 0) is 81.6 Å². The normalized spacial score (nSPS) is 13.3. The van der Waals surface area contributed by atoms with Crippen LogP contribution < -0.4 is 70.4 Å². The van der Waals surface area contributed by atoms with Gasteiger partial charge in [0.1, 0.15) is 54.1 Å². The minimum absolute atomic E-state index is 0.0348. The number of phenols is 1. The van der Waals surface area contributed by atoms with Crippen molar-refractivity contribution in [2.75, 3.05) is 31.1 Å². The van der Waals surface area contributed by atoms with Crippen LogP contribution in [-0.4, -0.2) is 178 Å². The summed E-state index contributed by atoms with van der Waals surface area (Å²) in [6.07, 6.45) is 12.3. The number of carbonyl (C=O) groups is 13. The molecule has 0 unspecified atom stereocenters. The predicted molar refractivity (Wildman–Crippen MR) is 380 cm³/mol. The van der Waals surface area contributed by atoms with E-state index in [1.807, 2.05) is 0 Å². The van der Waals surface area contributed by atoms with E-state index in [2.05, 4.69) is 90.3 Å². The maximum atomic E-state index is 14.7. The van der Waals surface area contributed by atoms with Gasteiger partial charge in [0.15, 0.2) is 5.96 Å². The highest BCUT2D eigenvalue weighted by atomic mass is 32.1. The third-order valence-electron chi connectivity index (χ3n) is 15.8. The molecular weight excluding hydrogens is 1330 g/mol. The lowest BCUT2D eigenvalue weighted by atomic mass is 10.0. The van der Waals surface area contributed by atoms with Crippen LogP contribution in [0.1, 0.15) is 146 Å². The first-order chi connectivity index (χ1) is 47.8. The van der Waals surface area contributed by atoms with Crippen LogP contribution in [0, 0.1) is 0 Å². The molecule has 0 aliphatic rings. The maximum Gasteiger partial charge on any atom is 0.326 e. The molecule has 19 N–H and O–H groups in total. The van der Waals surface area contributed by atoms with E-state index in [-0.39, 0.29) is 68.4 Å². The molecular formula is C68H100N14O16S2. The molecule has 3 rings (SSSR count). The van der Waals surface area contributed by atoms with Crippen LogP contribution in [0.25, 0.3) is 0 Å². The summed E-state index contributed by atoms with van der Waals surface area (Å²) in [4.78, 5) is 177. The number of aliphatic imine (C=N–C) groups is 1. The van der Waals surface area contributed by atoms with Gasteiger partial charge in [0.25, 0.3) is 0 Å². The summed E-state index contributed by atoms with van der Waals surface area (Å²) in [6, 6.07) is 10.3. The van der Waals surface area contributed by atoms with E-state index in [9.17, 15) is 77.6 Å². The number of primary amides is 1. The summed E-state index contributed by atoms with van der Waals surface area (Å²) in [5.74, 6) is -13.7. The summed E-state index contributed by atoms with van der Waals surface area (Å²) < 4.78 is 0. The van der Waals surface area contributed by atoms with Crippen LogP contribution in [0.4, 0.5) is 0 Å². The smallest absolute Gasteiger partial charge is 0.326 e. The number of unbranched alkanes of at least 4 members (excludes halogenated alkanes) is 12. The molecule has 0 heterocycles. The highest BCUT2D eigenvalue weighted by molar-refractivity contribution is 7.80. The summed E-state index contributed by atoms with van der Waals surface area (Å²) >= 11 is 8.37. The molecule has 0 aliphatic heterocycles. The van der Waals surface area contributed by atoms with Gasteiger partial charge in [0.05, 0.1) is 19.5 Å². The Balaban J connectivity index is 1.79. The SMILES string of the molecule is CCCCCCCCCCCCCCCC(=O)N[C@@H](CS)C(=O)NCC(=O)N[C@@H](CCC(=O)O)C(=O)N[C@@H](CCCN=C(N)N)C(=O)NCC(=O)N[C@@H](Cc1ccccc1)C(=O)N[C@@H](Cc1ccccc1)C(=O)N[C@@H](Cc1ccc(O)cc1)C(=O)N[C@@H](CS)C(=O)N[C@@H](CC(N)=O)C(=O)O. The van der Waals surface area contributed by atoms with Crippen LogP contribution in [0.2, 0.25) is 0 Å². The minimum Gasteiger partial charge on any atom is -0.508 e. The zero-order valence-electron chi connectivity index (χ0n) is 56.5. The number of nitrogens with zero attached hydrogens (tertiary/aromatic N) is 1. The first kappa shape index (κ1) is 84.8. The first-order valence-corrected chi connectivity index (χ1v) is 34.9. The molecule has 550 valence electrons. The first-order valence-electron chi connectivity index (χ1n) is 33.6. The van der Waals surface area contributed by atoms with Gasteiger partial charge in [0.2, 0.25) is 65.0 Å². The Morgan fingerprint density at radius 1 is 0.410 bits per heavy atom. The van der Waals surface area contributed by atoms with E-state index in [1.54, 1.807) is 60.7 Å².